The molecule has 0 aliphatic carbocycles. The highest BCUT2D eigenvalue weighted by atomic mass is 19.4. The fraction of sp³-hybridized carbons (Fsp3) is 0.267. The topological polar surface area (TPSA) is 26.3 Å². The SMILES string of the molecule is C=C[C@@H](/C=C/C(=O)OCC)c1cccc(C(F)(F)F)c1. The zero-order chi connectivity index (χ0) is 15.2. The van der Waals surface area contributed by atoms with E-state index < -0.39 is 23.6 Å². The van der Waals surface area contributed by atoms with Crippen LogP contribution in [0.2, 0.25) is 0 Å². The van der Waals surface area contributed by atoms with Crippen LogP contribution >= 0.6 is 0 Å². The number of ether oxygens (including phenoxy) is 1. The predicted molar refractivity (Wildman–Crippen MR) is 70.2 cm³/mol. The summed E-state index contributed by atoms with van der Waals surface area (Å²) < 4.78 is 42.6. The van der Waals surface area contributed by atoms with E-state index in [1.165, 1.54) is 24.3 Å². The maximum Gasteiger partial charge on any atom is 0.416 e. The van der Waals surface area contributed by atoms with Gasteiger partial charge < -0.3 is 4.74 Å². The maximum atomic E-state index is 12.6. The van der Waals surface area contributed by atoms with E-state index in [-0.39, 0.29) is 6.61 Å². The average Bonchev–Trinajstić information content (AvgIpc) is 2.39. The third kappa shape index (κ3) is 4.57. The van der Waals surface area contributed by atoms with Gasteiger partial charge in [-0.2, -0.15) is 13.2 Å². The molecule has 0 aliphatic rings. The summed E-state index contributed by atoms with van der Waals surface area (Å²) in [6, 6.07) is 4.92. The summed E-state index contributed by atoms with van der Waals surface area (Å²) in [5.74, 6) is -1.02. The zero-order valence-corrected chi connectivity index (χ0v) is 11.0. The van der Waals surface area contributed by atoms with Crippen LogP contribution in [-0.2, 0) is 15.7 Å². The number of rotatable bonds is 5. The molecule has 0 N–H and O–H groups in total. The van der Waals surface area contributed by atoms with Gasteiger partial charge in [-0.3, -0.25) is 0 Å². The van der Waals surface area contributed by atoms with E-state index >= 15 is 0 Å². The monoisotopic (exact) mass is 284 g/mol. The number of carbonyl (C=O) groups excluding carboxylic acids is 1. The first kappa shape index (κ1) is 16.0. The molecule has 20 heavy (non-hydrogen) atoms. The van der Waals surface area contributed by atoms with Gasteiger partial charge in [0.15, 0.2) is 0 Å². The lowest BCUT2D eigenvalue weighted by Gasteiger charge is -2.12. The van der Waals surface area contributed by atoms with Crippen molar-refractivity contribution in [1.82, 2.24) is 0 Å². The molecule has 1 rings (SSSR count). The Morgan fingerprint density at radius 3 is 2.70 bits per heavy atom. The van der Waals surface area contributed by atoms with Gasteiger partial charge in [0.05, 0.1) is 12.2 Å². The Balaban J connectivity index is 2.96. The number of carbonyl (C=O) groups is 1. The highest BCUT2D eigenvalue weighted by molar-refractivity contribution is 5.82. The second-order valence-corrected chi connectivity index (χ2v) is 4.00. The van der Waals surface area contributed by atoms with Crippen LogP contribution in [0.3, 0.4) is 0 Å². The number of esters is 1. The second kappa shape index (κ2) is 6.93. The van der Waals surface area contributed by atoms with Crippen molar-refractivity contribution < 1.29 is 22.7 Å². The fourth-order valence-corrected chi connectivity index (χ4v) is 1.62. The second-order valence-electron chi connectivity index (χ2n) is 4.00. The van der Waals surface area contributed by atoms with Crippen molar-refractivity contribution in [3.8, 4) is 0 Å². The summed E-state index contributed by atoms with van der Waals surface area (Å²) >= 11 is 0. The third-order valence-corrected chi connectivity index (χ3v) is 2.58. The lowest BCUT2D eigenvalue weighted by Crippen LogP contribution is -2.06. The fourth-order valence-electron chi connectivity index (χ4n) is 1.62. The highest BCUT2D eigenvalue weighted by Gasteiger charge is 2.30. The molecule has 2 nitrogen and oxygen atoms in total. The highest BCUT2D eigenvalue weighted by Crippen LogP contribution is 2.31. The molecule has 5 heteroatoms. The molecular weight excluding hydrogens is 269 g/mol. The molecule has 0 unspecified atom stereocenters. The van der Waals surface area contributed by atoms with Gasteiger partial charge in [0.25, 0.3) is 0 Å². The van der Waals surface area contributed by atoms with Gasteiger partial charge in [-0.05, 0) is 18.6 Å². The number of benzene rings is 1. The quantitative estimate of drug-likeness (QED) is 0.462. The third-order valence-electron chi connectivity index (χ3n) is 2.58. The molecule has 0 spiro atoms. The smallest absolute Gasteiger partial charge is 0.416 e. The van der Waals surface area contributed by atoms with Gasteiger partial charge in [-0.1, -0.05) is 30.4 Å². The van der Waals surface area contributed by atoms with Gasteiger partial charge in [0.1, 0.15) is 0 Å². The minimum atomic E-state index is -4.40. The van der Waals surface area contributed by atoms with Crippen LogP contribution in [0.4, 0.5) is 13.2 Å². The summed E-state index contributed by atoms with van der Waals surface area (Å²) in [6.45, 7) is 5.48. The van der Waals surface area contributed by atoms with E-state index in [0.29, 0.717) is 5.56 Å². The van der Waals surface area contributed by atoms with Gasteiger partial charge in [-0.15, -0.1) is 6.58 Å². The first-order chi connectivity index (χ1) is 9.38. The summed E-state index contributed by atoms with van der Waals surface area (Å²) in [4.78, 5) is 11.2. The summed E-state index contributed by atoms with van der Waals surface area (Å²) in [5.41, 5.74) is -0.318. The molecule has 1 aromatic carbocycles. The van der Waals surface area contributed by atoms with Crippen LogP contribution < -0.4 is 0 Å². The van der Waals surface area contributed by atoms with E-state index in [9.17, 15) is 18.0 Å². The van der Waals surface area contributed by atoms with Crippen LogP contribution in [0.15, 0.2) is 49.1 Å². The number of hydrogen-bond donors (Lipinski definition) is 0. The van der Waals surface area contributed by atoms with Gasteiger partial charge in [-0.25, -0.2) is 4.79 Å². The molecule has 0 fully saturated rings. The lowest BCUT2D eigenvalue weighted by atomic mass is 9.96. The van der Waals surface area contributed by atoms with Crippen molar-refractivity contribution in [3.63, 3.8) is 0 Å². The molecule has 0 bridgehead atoms. The van der Waals surface area contributed by atoms with E-state index in [4.69, 9.17) is 4.74 Å². The summed E-state index contributed by atoms with van der Waals surface area (Å²) in [5, 5.41) is 0. The number of allylic oxidation sites excluding steroid dienone is 2. The first-order valence-electron chi connectivity index (χ1n) is 6.03. The van der Waals surface area contributed by atoms with Crippen LogP contribution in [0, 0.1) is 0 Å². The van der Waals surface area contributed by atoms with E-state index in [1.54, 1.807) is 13.0 Å². The maximum absolute atomic E-state index is 12.6. The molecular formula is C15H15F3O2. The Morgan fingerprint density at radius 1 is 1.45 bits per heavy atom. The summed E-state index contributed by atoms with van der Waals surface area (Å²) in [6.07, 6.45) is -0.283. The van der Waals surface area contributed by atoms with E-state index in [2.05, 4.69) is 6.58 Å². The lowest BCUT2D eigenvalue weighted by molar-refractivity contribution is -0.138. The van der Waals surface area contributed by atoms with Gasteiger partial charge >= 0.3 is 12.1 Å². The van der Waals surface area contributed by atoms with Crippen LogP contribution in [-0.4, -0.2) is 12.6 Å². The first-order valence-corrected chi connectivity index (χ1v) is 6.03. The van der Waals surface area contributed by atoms with Crippen molar-refractivity contribution in [2.24, 2.45) is 0 Å². The molecule has 0 radical (unpaired) electrons. The van der Waals surface area contributed by atoms with E-state index in [0.717, 1.165) is 12.1 Å². The standard InChI is InChI=1S/C15H15F3O2/c1-3-11(8-9-14(19)20-4-2)12-6-5-7-13(10-12)15(16,17)18/h3,5-11H,1,4H2,2H3/b9-8+/t11-/m0/s1. The molecule has 0 saturated heterocycles. The van der Waals surface area contributed by atoms with Crippen molar-refractivity contribution in [2.45, 2.75) is 19.0 Å². The minimum absolute atomic E-state index is 0.242. The molecule has 1 atom stereocenters. The number of halogens is 3. The van der Waals surface area contributed by atoms with Crippen molar-refractivity contribution in [3.05, 3.63) is 60.2 Å². The number of alkyl halides is 3. The van der Waals surface area contributed by atoms with Crippen molar-refractivity contribution >= 4 is 5.97 Å². The molecule has 0 aromatic heterocycles. The summed E-state index contributed by atoms with van der Waals surface area (Å²) in [7, 11) is 0. The number of hydrogen-bond acceptors (Lipinski definition) is 2. The van der Waals surface area contributed by atoms with Crippen LogP contribution in [0.25, 0.3) is 0 Å². The Bertz CT molecular complexity index is 504. The average molecular weight is 284 g/mol. The van der Waals surface area contributed by atoms with Crippen LogP contribution in [0.1, 0.15) is 24.0 Å². The minimum Gasteiger partial charge on any atom is -0.463 e. The van der Waals surface area contributed by atoms with E-state index in [1.807, 2.05) is 0 Å². The molecule has 0 amide bonds. The van der Waals surface area contributed by atoms with Crippen molar-refractivity contribution in [2.75, 3.05) is 6.61 Å². The molecule has 108 valence electrons. The normalized spacial score (nSPS) is 13.2. The van der Waals surface area contributed by atoms with Gasteiger partial charge in [0, 0.05) is 12.0 Å². The molecule has 0 saturated carbocycles. The van der Waals surface area contributed by atoms with Crippen LogP contribution in [0.5, 0.6) is 0 Å². The molecule has 1 aromatic rings. The Labute approximate surface area is 115 Å². The Hall–Kier alpha value is -2.04. The largest absolute Gasteiger partial charge is 0.463 e. The molecule has 0 aliphatic heterocycles. The zero-order valence-electron chi connectivity index (χ0n) is 11.0. The molecule has 0 heterocycles. The predicted octanol–water partition coefficient (Wildman–Crippen LogP) is 4.09. The van der Waals surface area contributed by atoms with Crippen molar-refractivity contribution in [1.29, 1.82) is 0 Å². The Morgan fingerprint density at radius 2 is 2.15 bits per heavy atom. The Kier molecular flexibility index (Phi) is 5.55. The van der Waals surface area contributed by atoms with Gasteiger partial charge in [0.2, 0.25) is 0 Å².